The predicted octanol–water partition coefficient (Wildman–Crippen LogP) is 11.6. The molecule has 2 aromatic carbocycles. The third-order valence-corrected chi connectivity index (χ3v) is 9.97. The molecule has 0 nitrogen and oxygen atoms in total. The molecule has 5 rings (SSSR count). The van der Waals surface area contributed by atoms with Gasteiger partial charge in [0.2, 0.25) is 0 Å². The Bertz CT molecular complexity index is 1240. The number of fused-ring (bicyclic) bond motifs is 9. The lowest BCUT2D eigenvalue weighted by molar-refractivity contribution is 0.602. The summed E-state index contributed by atoms with van der Waals surface area (Å²) in [5, 5.41) is 5.45. The van der Waals surface area contributed by atoms with Crippen molar-refractivity contribution in [2.45, 2.75) is 104 Å². The molecule has 2 heterocycles. The van der Waals surface area contributed by atoms with Gasteiger partial charge >= 0.3 is 0 Å². The van der Waals surface area contributed by atoms with Gasteiger partial charge in [0, 0.05) is 36.2 Å². The van der Waals surface area contributed by atoms with Crippen LogP contribution in [0.4, 0.5) is 0 Å². The van der Waals surface area contributed by atoms with Crippen molar-refractivity contribution < 1.29 is 0 Å². The van der Waals surface area contributed by atoms with Crippen LogP contribution >= 0.6 is 22.7 Å². The average Bonchev–Trinajstić information content (AvgIpc) is 3.44. The van der Waals surface area contributed by atoms with Gasteiger partial charge in [-0.1, -0.05) is 102 Å². The maximum Gasteiger partial charge on any atom is 0.0448 e. The van der Waals surface area contributed by atoms with Crippen LogP contribution in [0.2, 0.25) is 0 Å². The van der Waals surface area contributed by atoms with Crippen molar-refractivity contribution in [2.75, 3.05) is 0 Å². The second-order valence-corrected chi connectivity index (χ2v) is 12.2. The Labute approximate surface area is 214 Å². The number of hydrogen-bond donors (Lipinski definition) is 0. The highest BCUT2D eigenvalue weighted by atomic mass is 32.1. The lowest BCUT2D eigenvalue weighted by Gasteiger charge is -2.26. The van der Waals surface area contributed by atoms with E-state index in [0.29, 0.717) is 0 Å². The summed E-state index contributed by atoms with van der Waals surface area (Å²) in [6, 6.07) is 11.5. The van der Waals surface area contributed by atoms with Gasteiger partial charge in [0.05, 0.1) is 0 Å². The minimum atomic E-state index is 1.27. The fraction of sp³-hybridized carbons (Fsp3) is 0.500. The summed E-state index contributed by atoms with van der Waals surface area (Å²) in [5.74, 6) is 0. The minimum absolute atomic E-state index is 1.27. The van der Waals surface area contributed by atoms with Crippen LogP contribution in [0.25, 0.3) is 42.4 Å². The SMILES string of the molecule is CCCCCCCCc1sc2c3c(c4ccsc4c2c1CCCCCCCC)-c1ccccc1-3. The van der Waals surface area contributed by atoms with Crippen molar-refractivity contribution >= 4 is 42.8 Å². The van der Waals surface area contributed by atoms with E-state index in [2.05, 4.69) is 60.9 Å². The van der Waals surface area contributed by atoms with Crippen LogP contribution in [0.3, 0.4) is 0 Å². The van der Waals surface area contributed by atoms with Gasteiger partial charge in [-0.15, -0.1) is 22.7 Å². The fourth-order valence-electron chi connectivity index (χ4n) is 5.88. The molecular weight excluding hydrogens is 448 g/mol. The first-order chi connectivity index (χ1) is 16.8. The van der Waals surface area contributed by atoms with Crippen LogP contribution in [0.15, 0.2) is 35.7 Å². The molecule has 2 heteroatoms. The van der Waals surface area contributed by atoms with E-state index in [4.69, 9.17) is 0 Å². The topological polar surface area (TPSA) is 0 Å². The van der Waals surface area contributed by atoms with E-state index in [9.17, 15) is 0 Å². The quantitative estimate of drug-likeness (QED) is 0.136. The van der Waals surface area contributed by atoms with E-state index >= 15 is 0 Å². The Balaban J connectivity index is 1.47. The molecule has 0 N–H and O–H groups in total. The Morgan fingerprint density at radius 2 is 1.24 bits per heavy atom. The van der Waals surface area contributed by atoms with Gasteiger partial charge < -0.3 is 0 Å². The maximum absolute atomic E-state index is 2.38. The van der Waals surface area contributed by atoms with Crippen molar-refractivity contribution in [3.63, 3.8) is 0 Å². The zero-order valence-corrected chi connectivity index (χ0v) is 22.8. The monoisotopic (exact) mass is 488 g/mol. The van der Waals surface area contributed by atoms with Crippen LogP contribution in [0, 0.1) is 0 Å². The first-order valence-corrected chi connectivity index (χ1v) is 15.6. The third-order valence-electron chi connectivity index (χ3n) is 7.73. The molecule has 180 valence electrons. The number of aryl methyl sites for hydroxylation is 2. The highest BCUT2D eigenvalue weighted by Crippen LogP contribution is 2.58. The van der Waals surface area contributed by atoms with Gasteiger partial charge in [-0.2, -0.15) is 0 Å². The van der Waals surface area contributed by atoms with Crippen LogP contribution in [-0.2, 0) is 12.8 Å². The molecule has 1 aliphatic carbocycles. The first kappa shape index (κ1) is 24.1. The molecule has 0 bridgehead atoms. The lowest BCUT2D eigenvalue weighted by atomic mass is 9.78. The molecule has 0 spiro atoms. The second-order valence-electron chi connectivity index (χ2n) is 10.2. The van der Waals surface area contributed by atoms with Crippen LogP contribution in [-0.4, -0.2) is 0 Å². The predicted molar refractivity (Wildman–Crippen MR) is 156 cm³/mol. The summed E-state index contributed by atoms with van der Waals surface area (Å²) < 4.78 is 3.14. The van der Waals surface area contributed by atoms with Gasteiger partial charge in [0.1, 0.15) is 0 Å². The summed E-state index contributed by atoms with van der Waals surface area (Å²) in [7, 11) is 0. The summed E-state index contributed by atoms with van der Waals surface area (Å²) in [6.07, 6.45) is 19.1. The number of rotatable bonds is 14. The van der Waals surface area contributed by atoms with Gasteiger partial charge in [-0.25, -0.2) is 0 Å². The number of hydrogen-bond acceptors (Lipinski definition) is 2. The lowest BCUT2D eigenvalue weighted by Crippen LogP contribution is -1.99. The highest BCUT2D eigenvalue weighted by Gasteiger charge is 2.30. The van der Waals surface area contributed by atoms with Crippen molar-refractivity contribution in [3.05, 3.63) is 46.2 Å². The molecule has 34 heavy (non-hydrogen) atoms. The molecule has 0 amide bonds. The molecule has 0 atom stereocenters. The number of thiophene rings is 2. The van der Waals surface area contributed by atoms with Gasteiger partial charge in [0.15, 0.2) is 0 Å². The summed E-state index contributed by atoms with van der Waals surface area (Å²) in [4.78, 5) is 1.70. The zero-order chi connectivity index (χ0) is 23.3. The van der Waals surface area contributed by atoms with Crippen molar-refractivity contribution in [2.24, 2.45) is 0 Å². The summed E-state index contributed by atoms with van der Waals surface area (Å²) in [6.45, 7) is 4.62. The first-order valence-electron chi connectivity index (χ1n) is 13.9. The molecule has 0 radical (unpaired) electrons. The Kier molecular flexibility index (Phi) is 8.07. The summed E-state index contributed by atoms with van der Waals surface area (Å²) >= 11 is 4.11. The third kappa shape index (κ3) is 4.61. The van der Waals surface area contributed by atoms with E-state index in [0.717, 1.165) is 0 Å². The number of unbranched alkanes of at least 4 members (excludes halogenated alkanes) is 10. The van der Waals surface area contributed by atoms with Crippen LogP contribution < -0.4 is 0 Å². The normalized spacial score (nSPS) is 12.3. The largest absolute Gasteiger partial charge is 0.143 e. The zero-order valence-electron chi connectivity index (χ0n) is 21.2. The standard InChI is InChI=1S/C32H40S2/c1-3-5-7-9-11-13-19-25-27(20-14-12-10-8-6-4-2)34-32-29-24-18-16-15-17-23(24)28(29)26-21-22-33-31(26)30(25)32/h15-18,21-22H,3-14,19-20H2,1-2H3. The molecule has 0 fully saturated rings. The Hall–Kier alpha value is -1.64. The van der Waals surface area contributed by atoms with E-state index in [1.54, 1.807) is 30.8 Å². The van der Waals surface area contributed by atoms with Gasteiger partial charge in [-0.3, -0.25) is 0 Å². The Morgan fingerprint density at radius 1 is 0.618 bits per heavy atom. The summed E-state index contributed by atoms with van der Waals surface area (Å²) in [5.41, 5.74) is 7.74. The molecule has 0 unspecified atom stereocenters. The van der Waals surface area contributed by atoms with E-state index in [1.807, 2.05) is 11.3 Å². The highest BCUT2D eigenvalue weighted by molar-refractivity contribution is 7.23. The van der Waals surface area contributed by atoms with Crippen LogP contribution in [0.5, 0.6) is 0 Å². The van der Waals surface area contributed by atoms with Gasteiger partial charge in [0.25, 0.3) is 0 Å². The average molecular weight is 489 g/mol. The minimum Gasteiger partial charge on any atom is -0.143 e. The van der Waals surface area contributed by atoms with E-state index < -0.39 is 0 Å². The van der Waals surface area contributed by atoms with Crippen molar-refractivity contribution in [3.8, 4) is 22.3 Å². The smallest absolute Gasteiger partial charge is 0.0448 e. The molecule has 0 saturated heterocycles. The fourth-order valence-corrected chi connectivity index (χ4v) is 8.39. The van der Waals surface area contributed by atoms with Crippen molar-refractivity contribution in [1.82, 2.24) is 0 Å². The molecule has 4 aromatic rings. The van der Waals surface area contributed by atoms with E-state index in [1.165, 1.54) is 112 Å². The maximum atomic E-state index is 2.38. The van der Waals surface area contributed by atoms with Crippen molar-refractivity contribution in [1.29, 1.82) is 0 Å². The second kappa shape index (κ2) is 11.4. The van der Waals surface area contributed by atoms with E-state index in [-0.39, 0.29) is 0 Å². The number of benzene rings is 2. The van der Waals surface area contributed by atoms with Gasteiger partial charge in [-0.05, 0) is 53.8 Å². The molecular formula is C32H40S2. The molecule has 1 aliphatic rings. The Morgan fingerprint density at radius 3 is 1.94 bits per heavy atom. The molecule has 2 aromatic heterocycles. The molecule has 0 saturated carbocycles. The molecule has 0 aliphatic heterocycles. The van der Waals surface area contributed by atoms with Crippen LogP contribution in [0.1, 0.15) is 101 Å².